The lowest BCUT2D eigenvalue weighted by Crippen LogP contribution is -2.41. The number of imidazole rings is 1. The Labute approximate surface area is 103 Å². The smallest absolute Gasteiger partial charge is 0.329 e. The molecule has 0 aliphatic carbocycles. The van der Waals surface area contributed by atoms with Gasteiger partial charge in [0.25, 0.3) is 5.56 Å². The molecule has 0 aliphatic rings. The van der Waals surface area contributed by atoms with Crippen LogP contribution in [0.25, 0.3) is 11.2 Å². The normalized spacial score (nSPS) is 11.3. The van der Waals surface area contributed by atoms with Gasteiger partial charge in [0.1, 0.15) is 5.82 Å². The van der Waals surface area contributed by atoms with E-state index in [1.807, 2.05) is 6.92 Å². The van der Waals surface area contributed by atoms with Crippen molar-refractivity contribution in [2.75, 3.05) is 6.54 Å². The van der Waals surface area contributed by atoms with Crippen LogP contribution in [-0.4, -0.2) is 25.2 Å². The van der Waals surface area contributed by atoms with Crippen molar-refractivity contribution in [2.24, 2.45) is 12.8 Å². The summed E-state index contributed by atoms with van der Waals surface area (Å²) in [6.45, 7) is 4.59. The van der Waals surface area contributed by atoms with Gasteiger partial charge in [0, 0.05) is 26.7 Å². The second kappa shape index (κ2) is 4.41. The summed E-state index contributed by atoms with van der Waals surface area (Å²) >= 11 is 0. The van der Waals surface area contributed by atoms with Crippen LogP contribution < -0.4 is 17.0 Å². The van der Waals surface area contributed by atoms with E-state index < -0.39 is 0 Å². The van der Waals surface area contributed by atoms with Gasteiger partial charge in [0.2, 0.25) is 0 Å². The first-order valence-corrected chi connectivity index (χ1v) is 5.89. The molecule has 2 rings (SSSR count). The zero-order chi connectivity index (χ0) is 13.4. The maximum absolute atomic E-state index is 12.3. The highest BCUT2D eigenvalue weighted by molar-refractivity contribution is 5.70. The number of rotatable bonds is 3. The van der Waals surface area contributed by atoms with E-state index >= 15 is 0 Å². The SMILES string of the molecule is CCn1c(=O)n(CCN)c(=O)c2c1nc(C)n2C. The van der Waals surface area contributed by atoms with Crippen LogP contribution in [0.5, 0.6) is 0 Å². The van der Waals surface area contributed by atoms with Gasteiger partial charge in [0.05, 0.1) is 0 Å². The number of hydrogen-bond donors (Lipinski definition) is 1. The van der Waals surface area contributed by atoms with Crippen LogP contribution in [0.15, 0.2) is 9.59 Å². The molecule has 2 aromatic heterocycles. The summed E-state index contributed by atoms with van der Waals surface area (Å²) < 4.78 is 4.38. The van der Waals surface area contributed by atoms with Crippen molar-refractivity contribution in [3.63, 3.8) is 0 Å². The third kappa shape index (κ3) is 1.59. The molecule has 0 saturated carbocycles. The van der Waals surface area contributed by atoms with E-state index in [9.17, 15) is 9.59 Å². The molecule has 0 aliphatic heterocycles. The van der Waals surface area contributed by atoms with Gasteiger partial charge in [-0.25, -0.2) is 9.78 Å². The zero-order valence-electron chi connectivity index (χ0n) is 10.8. The molecule has 0 aromatic carbocycles. The second-order valence-electron chi connectivity index (χ2n) is 4.16. The van der Waals surface area contributed by atoms with Crippen LogP contribution in [0.4, 0.5) is 0 Å². The van der Waals surface area contributed by atoms with Gasteiger partial charge in [-0.2, -0.15) is 0 Å². The van der Waals surface area contributed by atoms with Gasteiger partial charge in [-0.15, -0.1) is 0 Å². The maximum Gasteiger partial charge on any atom is 0.332 e. The highest BCUT2D eigenvalue weighted by atomic mass is 16.2. The average molecular weight is 251 g/mol. The van der Waals surface area contributed by atoms with Crippen molar-refractivity contribution in [1.82, 2.24) is 18.7 Å². The van der Waals surface area contributed by atoms with Crippen molar-refractivity contribution >= 4 is 11.2 Å². The molecule has 0 saturated heterocycles. The Kier molecular flexibility index (Phi) is 3.08. The highest BCUT2D eigenvalue weighted by Crippen LogP contribution is 2.08. The first-order chi connectivity index (χ1) is 8.52. The second-order valence-corrected chi connectivity index (χ2v) is 4.16. The molecule has 0 unspecified atom stereocenters. The van der Waals surface area contributed by atoms with Crippen LogP contribution in [0, 0.1) is 6.92 Å². The number of nitrogens with two attached hydrogens (primary N) is 1. The summed E-state index contributed by atoms with van der Waals surface area (Å²) in [6.07, 6.45) is 0. The summed E-state index contributed by atoms with van der Waals surface area (Å²) in [6, 6.07) is 0. The Bertz CT molecular complexity index is 707. The third-order valence-electron chi connectivity index (χ3n) is 3.13. The molecule has 0 bridgehead atoms. The number of aryl methyl sites for hydroxylation is 3. The molecule has 0 amide bonds. The van der Waals surface area contributed by atoms with Crippen molar-refractivity contribution in [3.05, 3.63) is 26.7 Å². The summed E-state index contributed by atoms with van der Waals surface area (Å²) in [4.78, 5) is 28.7. The number of aromatic nitrogens is 4. The topological polar surface area (TPSA) is 87.8 Å². The van der Waals surface area contributed by atoms with E-state index in [1.165, 1.54) is 9.13 Å². The fraction of sp³-hybridized carbons (Fsp3) is 0.545. The van der Waals surface area contributed by atoms with Gasteiger partial charge < -0.3 is 10.3 Å². The fourth-order valence-electron chi connectivity index (χ4n) is 2.08. The molecule has 0 radical (unpaired) electrons. The third-order valence-corrected chi connectivity index (χ3v) is 3.13. The minimum Gasteiger partial charge on any atom is -0.329 e. The Morgan fingerprint density at radius 3 is 2.50 bits per heavy atom. The largest absolute Gasteiger partial charge is 0.332 e. The molecule has 2 aromatic rings. The monoisotopic (exact) mass is 251 g/mol. The number of nitrogens with zero attached hydrogens (tertiary/aromatic N) is 4. The minimum absolute atomic E-state index is 0.220. The highest BCUT2D eigenvalue weighted by Gasteiger charge is 2.17. The van der Waals surface area contributed by atoms with Gasteiger partial charge in [-0.1, -0.05) is 0 Å². The molecule has 7 heteroatoms. The fourth-order valence-corrected chi connectivity index (χ4v) is 2.08. The number of hydrogen-bond acceptors (Lipinski definition) is 4. The first kappa shape index (κ1) is 12.6. The Morgan fingerprint density at radius 2 is 1.94 bits per heavy atom. The first-order valence-electron chi connectivity index (χ1n) is 5.89. The van der Waals surface area contributed by atoms with Gasteiger partial charge in [0.15, 0.2) is 11.2 Å². The summed E-state index contributed by atoms with van der Waals surface area (Å²) in [5.74, 6) is 0.703. The van der Waals surface area contributed by atoms with Crippen molar-refractivity contribution in [3.8, 4) is 0 Å². The molecule has 7 nitrogen and oxygen atoms in total. The predicted octanol–water partition coefficient (Wildman–Crippen LogP) is -0.816. The maximum atomic E-state index is 12.3. The van der Waals surface area contributed by atoms with E-state index in [4.69, 9.17) is 5.73 Å². The Balaban J connectivity index is 3.01. The zero-order valence-corrected chi connectivity index (χ0v) is 10.8. The van der Waals surface area contributed by atoms with Gasteiger partial charge >= 0.3 is 5.69 Å². The Morgan fingerprint density at radius 1 is 1.28 bits per heavy atom. The standard InChI is InChI=1S/C11H17N5O2/c1-4-15-9-8(14(3)7(2)13-9)10(17)16(6-5-12)11(15)18/h4-6,12H2,1-3H3. The lowest BCUT2D eigenvalue weighted by atomic mass is 10.4. The molecule has 0 atom stereocenters. The van der Waals surface area contributed by atoms with Crippen LogP contribution in [0.1, 0.15) is 12.7 Å². The molecular formula is C11H17N5O2. The molecule has 98 valence electrons. The molecule has 2 N–H and O–H groups in total. The molecule has 0 fully saturated rings. The molecule has 0 spiro atoms. The summed E-state index contributed by atoms with van der Waals surface area (Å²) in [7, 11) is 1.77. The van der Waals surface area contributed by atoms with Crippen molar-refractivity contribution in [2.45, 2.75) is 26.9 Å². The van der Waals surface area contributed by atoms with Crippen LogP contribution in [0.3, 0.4) is 0 Å². The molecule has 18 heavy (non-hydrogen) atoms. The Hall–Kier alpha value is -1.89. The van der Waals surface area contributed by atoms with E-state index in [0.29, 0.717) is 23.5 Å². The lowest BCUT2D eigenvalue weighted by molar-refractivity contribution is 0.585. The van der Waals surface area contributed by atoms with Gasteiger partial charge in [-0.05, 0) is 13.8 Å². The summed E-state index contributed by atoms with van der Waals surface area (Å²) in [5, 5.41) is 0. The van der Waals surface area contributed by atoms with Crippen LogP contribution >= 0.6 is 0 Å². The van der Waals surface area contributed by atoms with Crippen molar-refractivity contribution < 1.29 is 0 Å². The molecule has 2 heterocycles. The quantitative estimate of drug-likeness (QED) is 0.772. The lowest BCUT2D eigenvalue weighted by Gasteiger charge is -2.09. The minimum atomic E-state index is -0.349. The molecular weight excluding hydrogens is 234 g/mol. The van der Waals surface area contributed by atoms with E-state index in [1.54, 1.807) is 18.5 Å². The van der Waals surface area contributed by atoms with Crippen LogP contribution in [0.2, 0.25) is 0 Å². The van der Waals surface area contributed by atoms with Crippen molar-refractivity contribution in [1.29, 1.82) is 0 Å². The predicted molar refractivity (Wildman–Crippen MR) is 68.7 cm³/mol. The van der Waals surface area contributed by atoms with E-state index in [0.717, 1.165) is 0 Å². The van der Waals surface area contributed by atoms with Crippen LogP contribution in [-0.2, 0) is 20.1 Å². The van der Waals surface area contributed by atoms with E-state index in [-0.39, 0.29) is 24.3 Å². The average Bonchev–Trinajstić information content (AvgIpc) is 2.62. The summed E-state index contributed by atoms with van der Waals surface area (Å²) in [5.41, 5.74) is 5.66. The number of fused-ring (bicyclic) bond motifs is 1. The van der Waals surface area contributed by atoms with Gasteiger partial charge in [-0.3, -0.25) is 13.9 Å². The van der Waals surface area contributed by atoms with E-state index in [2.05, 4.69) is 4.98 Å².